The van der Waals surface area contributed by atoms with Crippen molar-refractivity contribution >= 4 is 23.5 Å². The molecule has 0 amide bonds. The Morgan fingerprint density at radius 3 is 3.08 bits per heavy atom. The number of allylic oxidation sites excluding steroid dienone is 1. The molecule has 1 atom stereocenters. The zero-order chi connectivity index (χ0) is 16.8. The predicted octanol–water partition coefficient (Wildman–Crippen LogP) is 3.11. The van der Waals surface area contributed by atoms with E-state index < -0.39 is 5.92 Å². The molecule has 0 saturated carbocycles. The summed E-state index contributed by atoms with van der Waals surface area (Å²) >= 11 is 0. The predicted molar refractivity (Wildman–Crippen MR) is 91.6 cm³/mol. The summed E-state index contributed by atoms with van der Waals surface area (Å²) in [6.07, 6.45) is 6.23. The summed E-state index contributed by atoms with van der Waals surface area (Å²) in [5.74, 6) is -0.589. The molecule has 1 aliphatic heterocycles. The average molecular weight is 326 g/mol. The van der Waals surface area contributed by atoms with E-state index in [0.717, 1.165) is 35.3 Å². The number of anilines is 2. The first kappa shape index (κ1) is 14.9. The third-order valence-corrected chi connectivity index (χ3v) is 4.82. The van der Waals surface area contributed by atoms with Crippen LogP contribution in [0.5, 0.6) is 0 Å². The Hall–Kier alpha value is -2.63. The van der Waals surface area contributed by atoms with Gasteiger partial charge in [0.15, 0.2) is 0 Å². The molecular formula is C18H19FN4O. The topological polar surface area (TPSA) is 72.9 Å². The molecule has 1 aromatic heterocycles. The molecule has 24 heavy (non-hydrogen) atoms. The minimum atomic E-state index is -0.441. The molecule has 2 aromatic rings. The van der Waals surface area contributed by atoms with Gasteiger partial charge in [-0.25, -0.2) is 4.39 Å². The summed E-state index contributed by atoms with van der Waals surface area (Å²) in [5.41, 5.74) is 10.2. The average Bonchev–Trinajstić information content (AvgIpc) is 2.91. The van der Waals surface area contributed by atoms with Crippen LogP contribution in [0.2, 0.25) is 0 Å². The number of fused-ring (bicyclic) bond motifs is 2. The second kappa shape index (κ2) is 5.47. The molecular weight excluding hydrogens is 307 g/mol. The standard InChI is InChI=1S/C18H19FN4O/c1-10-8-11(19)9-14-12(6-7-21-16(10)14)18(24)23-17(20)13-4-2-3-5-15(13)22-23/h2,4,8-9,12,21H,3,5-7,20H2,1H3/t12-/m0/s1. The lowest BCUT2D eigenvalue weighted by atomic mass is 9.88. The van der Waals surface area contributed by atoms with E-state index in [-0.39, 0.29) is 11.7 Å². The van der Waals surface area contributed by atoms with E-state index in [4.69, 9.17) is 5.73 Å². The van der Waals surface area contributed by atoms with Crippen molar-refractivity contribution in [3.63, 3.8) is 0 Å². The summed E-state index contributed by atoms with van der Waals surface area (Å²) in [5, 5.41) is 7.69. The van der Waals surface area contributed by atoms with Gasteiger partial charge in [0.2, 0.25) is 0 Å². The van der Waals surface area contributed by atoms with Crippen LogP contribution in [0.4, 0.5) is 15.9 Å². The van der Waals surface area contributed by atoms with E-state index in [0.29, 0.717) is 24.3 Å². The van der Waals surface area contributed by atoms with Crippen LogP contribution >= 0.6 is 0 Å². The summed E-state index contributed by atoms with van der Waals surface area (Å²) in [4.78, 5) is 13.1. The van der Waals surface area contributed by atoms with Crippen LogP contribution in [-0.2, 0) is 6.42 Å². The molecule has 3 N–H and O–H groups in total. The van der Waals surface area contributed by atoms with Gasteiger partial charge in [0, 0.05) is 17.8 Å². The van der Waals surface area contributed by atoms with Crippen molar-refractivity contribution in [3.05, 3.63) is 46.4 Å². The first-order chi connectivity index (χ1) is 11.6. The number of carbonyl (C=O) groups excluding carboxylic acids is 1. The summed E-state index contributed by atoms with van der Waals surface area (Å²) in [7, 11) is 0. The number of nitrogen functional groups attached to an aromatic ring is 1. The highest BCUT2D eigenvalue weighted by molar-refractivity contribution is 5.91. The van der Waals surface area contributed by atoms with Crippen LogP contribution < -0.4 is 11.1 Å². The summed E-state index contributed by atoms with van der Waals surface area (Å²) < 4.78 is 15.2. The normalized spacial score (nSPS) is 18.7. The number of hydrogen-bond donors (Lipinski definition) is 2. The fourth-order valence-corrected chi connectivity index (χ4v) is 3.63. The second-order valence-electron chi connectivity index (χ2n) is 6.39. The highest BCUT2D eigenvalue weighted by atomic mass is 19.1. The summed E-state index contributed by atoms with van der Waals surface area (Å²) in [6.45, 7) is 2.50. The van der Waals surface area contributed by atoms with Gasteiger partial charge < -0.3 is 11.1 Å². The smallest absolute Gasteiger partial charge is 0.256 e. The van der Waals surface area contributed by atoms with Gasteiger partial charge in [0.1, 0.15) is 11.6 Å². The molecule has 0 radical (unpaired) electrons. The molecule has 1 aliphatic carbocycles. The van der Waals surface area contributed by atoms with Crippen LogP contribution in [0.1, 0.15) is 45.9 Å². The molecule has 0 saturated heterocycles. The number of halogens is 1. The van der Waals surface area contributed by atoms with Crippen molar-refractivity contribution < 1.29 is 9.18 Å². The molecule has 124 valence electrons. The maximum atomic E-state index is 13.9. The number of rotatable bonds is 1. The van der Waals surface area contributed by atoms with Gasteiger partial charge in [0.05, 0.1) is 11.6 Å². The van der Waals surface area contributed by atoms with Crippen molar-refractivity contribution in [2.45, 2.75) is 32.1 Å². The Balaban J connectivity index is 1.78. The van der Waals surface area contributed by atoms with Crippen molar-refractivity contribution in [1.29, 1.82) is 0 Å². The molecule has 0 unspecified atom stereocenters. The Bertz CT molecular complexity index is 868. The Morgan fingerprint density at radius 2 is 2.29 bits per heavy atom. The monoisotopic (exact) mass is 326 g/mol. The number of aryl methyl sites for hydroxylation is 2. The first-order valence-electron chi connectivity index (χ1n) is 8.18. The number of carbonyl (C=O) groups is 1. The van der Waals surface area contributed by atoms with Crippen molar-refractivity contribution in [1.82, 2.24) is 9.78 Å². The maximum Gasteiger partial charge on any atom is 0.256 e. The molecule has 0 spiro atoms. The lowest BCUT2D eigenvalue weighted by Crippen LogP contribution is -2.29. The van der Waals surface area contributed by atoms with Crippen LogP contribution in [0.25, 0.3) is 6.08 Å². The molecule has 0 bridgehead atoms. The lowest BCUT2D eigenvalue weighted by Gasteiger charge is -2.27. The van der Waals surface area contributed by atoms with Crippen LogP contribution in [0.3, 0.4) is 0 Å². The molecule has 0 fully saturated rings. The molecule has 2 aliphatic rings. The number of nitrogens with two attached hydrogens (primary N) is 1. The van der Waals surface area contributed by atoms with Crippen LogP contribution in [0, 0.1) is 12.7 Å². The third-order valence-electron chi connectivity index (χ3n) is 4.82. The second-order valence-corrected chi connectivity index (χ2v) is 6.39. The minimum Gasteiger partial charge on any atom is -0.385 e. The zero-order valence-corrected chi connectivity index (χ0v) is 13.5. The number of hydrogen-bond acceptors (Lipinski definition) is 4. The van der Waals surface area contributed by atoms with Gasteiger partial charge in [-0.3, -0.25) is 4.79 Å². The van der Waals surface area contributed by atoms with E-state index in [1.165, 1.54) is 16.8 Å². The number of nitrogens with one attached hydrogen (secondary N) is 1. The van der Waals surface area contributed by atoms with Crippen LogP contribution in [0.15, 0.2) is 18.2 Å². The molecule has 4 rings (SSSR count). The highest BCUT2D eigenvalue weighted by Gasteiger charge is 2.31. The fourth-order valence-electron chi connectivity index (χ4n) is 3.63. The van der Waals surface area contributed by atoms with E-state index >= 15 is 0 Å². The maximum absolute atomic E-state index is 13.9. The largest absolute Gasteiger partial charge is 0.385 e. The highest BCUT2D eigenvalue weighted by Crippen LogP contribution is 2.36. The van der Waals surface area contributed by atoms with Gasteiger partial charge in [0.25, 0.3) is 5.91 Å². The third kappa shape index (κ3) is 2.21. The van der Waals surface area contributed by atoms with Gasteiger partial charge in [-0.1, -0.05) is 12.2 Å². The zero-order valence-electron chi connectivity index (χ0n) is 13.5. The minimum absolute atomic E-state index is 0.192. The summed E-state index contributed by atoms with van der Waals surface area (Å²) in [6, 6.07) is 2.92. The molecule has 5 nitrogen and oxygen atoms in total. The van der Waals surface area contributed by atoms with Gasteiger partial charge >= 0.3 is 0 Å². The fraction of sp³-hybridized carbons (Fsp3) is 0.333. The number of benzene rings is 1. The number of aromatic nitrogens is 2. The Morgan fingerprint density at radius 1 is 1.46 bits per heavy atom. The van der Waals surface area contributed by atoms with E-state index in [1.54, 1.807) is 0 Å². The van der Waals surface area contributed by atoms with E-state index in [1.807, 2.05) is 19.1 Å². The Kier molecular flexibility index (Phi) is 3.40. The van der Waals surface area contributed by atoms with Gasteiger partial charge in [-0.2, -0.15) is 9.78 Å². The molecule has 6 heteroatoms. The molecule has 2 heterocycles. The first-order valence-corrected chi connectivity index (χ1v) is 8.18. The van der Waals surface area contributed by atoms with E-state index in [9.17, 15) is 9.18 Å². The van der Waals surface area contributed by atoms with Crippen LogP contribution in [-0.4, -0.2) is 22.2 Å². The number of nitrogens with zero attached hydrogens (tertiary/aromatic N) is 2. The van der Waals surface area contributed by atoms with Gasteiger partial charge in [-0.05, 0) is 49.4 Å². The molecule has 1 aromatic carbocycles. The quantitative estimate of drug-likeness (QED) is 0.844. The van der Waals surface area contributed by atoms with Crippen molar-refractivity contribution in [2.75, 3.05) is 17.6 Å². The van der Waals surface area contributed by atoms with E-state index in [2.05, 4.69) is 10.4 Å². The lowest BCUT2D eigenvalue weighted by molar-refractivity contribution is 0.0859. The van der Waals surface area contributed by atoms with Gasteiger partial charge in [-0.15, -0.1) is 0 Å². The van der Waals surface area contributed by atoms with Crippen molar-refractivity contribution in [2.24, 2.45) is 0 Å². The SMILES string of the molecule is Cc1cc(F)cc2c1NCC[C@@H]2C(=O)n1nc2c(c1N)C=CCC2. The Labute approximate surface area is 139 Å². The van der Waals surface area contributed by atoms with Crippen molar-refractivity contribution in [3.8, 4) is 0 Å².